The third-order valence-electron chi connectivity index (χ3n) is 5.99. The highest BCUT2D eigenvalue weighted by molar-refractivity contribution is 5.85. The highest BCUT2D eigenvalue weighted by Crippen LogP contribution is 2.14. The van der Waals surface area contributed by atoms with Crippen LogP contribution in [0.15, 0.2) is 24.3 Å². The number of nitrogens with zero attached hydrogens (tertiary/aromatic N) is 3. The van der Waals surface area contributed by atoms with Gasteiger partial charge in [-0.2, -0.15) is 0 Å². The van der Waals surface area contributed by atoms with E-state index < -0.39 is 0 Å². The average molecular weight is 431 g/mol. The lowest BCUT2D eigenvalue weighted by Gasteiger charge is -2.22. The molecule has 170 valence electrons. The number of nitrogens with one attached hydrogen (secondary N) is 1. The fourth-order valence-corrected chi connectivity index (χ4v) is 4.09. The molecule has 2 saturated heterocycles. The summed E-state index contributed by atoms with van der Waals surface area (Å²) in [5.41, 5.74) is 1.12. The summed E-state index contributed by atoms with van der Waals surface area (Å²) in [5.74, 6) is 0.827. The first-order valence-electron chi connectivity index (χ1n) is 11.2. The number of amides is 3. The summed E-state index contributed by atoms with van der Waals surface area (Å²) in [4.78, 5) is 42.7. The van der Waals surface area contributed by atoms with Crippen LogP contribution in [0.2, 0.25) is 0 Å². The molecule has 1 aromatic rings. The molecule has 0 aliphatic carbocycles. The van der Waals surface area contributed by atoms with Crippen LogP contribution in [0, 0.1) is 0 Å². The van der Waals surface area contributed by atoms with Crippen molar-refractivity contribution in [3.8, 4) is 5.75 Å². The van der Waals surface area contributed by atoms with Gasteiger partial charge in [0.25, 0.3) is 0 Å². The van der Waals surface area contributed by atoms with Crippen molar-refractivity contribution in [1.29, 1.82) is 0 Å². The molecule has 3 rings (SSSR count). The van der Waals surface area contributed by atoms with Crippen LogP contribution in [-0.2, 0) is 20.8 Å². The summed E-state index contributed by atoms with van der Waals surface area (Å²) in [6.45, 7) is 4.71. The van der Waals surface area contributed by atoms with Crippen molar-refractivity contribution in [2.24, 2.45) is 0 Å². The third kappa shape index (κ3) is 7.24. The van der Waals surface area contributed by atoms with E-state index in [9.17, 15) is 14.4 Å². The quantitative estimate of drug-likeness (QED) is 0.663. The Morgan fingerprint density at radius 2 is 1.55 bits per heavy atom. The van der Waals surface area contributed by atoms with Crippen LogP contribution >= 0.6 is 0 Å². The molecule has 0 atom stereocenters. The van der Waals surface area contributed by atoms with E-state index >= 15 is 0 Å². The first-order valence-corrected chi connectivity index (χ1v) is 11.2. The molecule has 2 aliphatic heterocycles. The van der Waals surface area contributed by atoms with Crippen molar-refractivity contribution in [2.75, 3.05) is 59.5 Å². The first kappa shape index (κ1) is 23.1. The molecule has 0 aromatic heterocycles. The average Bonchev–Trinajstić information content (AvgIpc) is 3.23. The lowest BCUT2D eigenvalue weighted by molar-refractivity contribution is -0.132. The Hall–Kier alpha value is -2.61. The number of hydrogen-bond acceptors (Lipinski definition) is 5. The maximum absolute atomic E-state index is 12.6. The van der Waals surface area contributed by atoms with Gasteiger partial charge in [-0.25, -0.2) is 0 Å². The molecule has 31 heavy (non-hydrogen) atoms. The minimum absolute atomic E-state index is 0.00431. The molecule has 1 N–H and O–H groups in total. The molecular weight excluding hydrogens is 396 g/mol. The number of aryl methyl sites for hydroxylation is 1. The molecule has 0 saturated carbocycles. The number of carbonyl (C=O) groups is 3. The summed E-state index contributed by atoms with van der Waals surface area (Å²) in [6, 6.07) is 7.80. The fraction of sp³-hybridized carbons (Fsp3) is 0.609. The molecule has 2 aliphatic rings. The van der Waals surface area contributed by atoms with Crippen molar-refractivity contribution in [1.82, 2.24) is 20.0 Å². The van der Waals surface area contributed by atoms with Gasteiger partial charge in [-0.3, -0.25) is 19.3 Å². The normalized spacial score (nSPS) is 17.3. The highest BCUT2D eigenvalue weighted by Gasteiger charge is 2.22. The van der Waals surface area contributed by atoms with E-state index in [1.807, 2.05) is 34.1 Å². The van der Waals surface area contributed by atoms with Gasteiger partial charge in [0, 0.05) is 45.7 Å². The topological polar surface area (TPSA) is 82.2 Å². The number of rotatable bonds is 8. The van der Waals surface area contributed by atoms with Gasteiger partial charge >= 0.3 is 0 Å². The monoisotopic (exact) mass is 430 g/mol. The summed E-state index contributed by atoms with van der Waals surface area (Å²) >= 11 is 0. The Bertz CT molecular complexity index is 746. The third-order valence-corrected chi connectivity index (χ3v) is 5.99. The predicted molar refractivity (Wildman–Crippen MR) is 118 cm³/mol. The lowest BCUT2D eigenvalue weighted by atomic mass is 10.1. The molecule has 2 heterocycles. The molecule has 0 radical (unpaired) electrons. The second kappa shape index (κ2) is 11.7. The van der Waals surface area contributed by atoms with Crippen LogP contribution in [0.1, 0.15) is 31.2 Å². The lowest BCUT2D eigenvalue weighted by Crippen LogP contribution is -2.43. The molecule has 0 unspecified atom stereocenters. The number of carbonyl (C=O) groups excluding carboxylic acids is 3. The summed E-state index contributed by atoms with van der Waals surface area (Å²) in [6.07, 6.45) is 4.11. The van der Waals surface area contributed by atoms with E-state index in [0.29, 0.717) is 32.5 Å². The molecule has 8 heteroatoms. The van der Waals surface area contributed by atoms with E-state index in [2.05, 4.69) is 10.2 Å². The van der Waals surface area contributed by atoms with Gasteiger partial charge in [-0.05, 0) is 43.4 Å². The summed E-state index contributed by atoms with van der Waals surface area (Å²) in [5, 5.41) is 2.75. The largest absolute Gasteiger partial charge is 0.497 e. The molecule has 1 aromatic carbocycles. The molecule has 2 fully saturated rings. The number of likely N-dealkylation sites (tertiary alicyclic amines) is 1. The highest BCUT2D eigenvalue weighted by atomic mass is 16.5. The van der Waals surface area contributed by atoms with Gasteiger partial charge < -0.3 is 19.9 Å². The van der Waals surface area contributed by atoms with Crippen molar-refractivity contribution in [3.63, 3.8) is 0 Å². The Morgan fingerprint density at radius 1 is 0.871 bits per heavy atom. The van der Waals surface area contributed by atoms with Gasteiger partial charge in [0.2, 0.25) is 17.7 Å². The Labute approximate surface area is 184 Å². The Balaban J connectivity index is 1.36. The van der Waals surface area contributed by atoms with E-state index in [4.69, 9.17) is 4.74 Å². The van der Waals surface area contributed by atoms with Crippen molar-refractivity contribution in [2.45, 2.75) is 32.1 Å². The van der Waals surface area contributed by atoms with Crippen LogP contribution in [0.25, 0.3) is 0 Å². The van der Waals surface area contributed by atoms with Crippen LogP contribution in [0.5, 0.6) is 5.75 Å². The number of benzene rings is 1. The van der Waals surface area contributed by atoms with Gasteiger partial charge in [0.1, 0.15) is 5.75 Å². The first-order chi connectivity index (χ1) is 15.0. The van der Waals surface area contributed by atoms with Crippen molar-refractivity contribution >= 4 is 17.7 Å². The van der Waals surface area contributed by atoms with Crippen LogP contribution < -0.4 is 10.1 Å². The van der Waals surface area contributed by atoms with Gasteiger partial charge in [0.15, 0.2) is 0 Å². The minimum Gasteiger partial charge on any atom is -0.497 e. The zero-order valence-corrected chi connectivity index (χ0v) is 18.5. The standard InChI is InChI=1S/C23H34N4O4/c1-31-20-8-5-19(6-9-20)7-10-22(29)27-14-4-11-25(15-16-27)18-21(28)24-17-23(30)26-12-2-3-13-26/h5-6,8-9H,2-4,7,10-18H2,1H3,(H,24,28). The Morgan fingerprint density at radius 3 is 2.26 bits per heavy atom. The van der Waals surface area contributed by atoms with Crippen LogP contribution in [0.4, 0.5) is 0 Å². The summed E-state index contributed by atoms with van der Waals surface area (Å²) in [7, 11) is 1.64. The number of ether oxygens (including phenoxy) is 1. The molecule has 3 amide bonds. The van der Waals surface area contributed by atoms with Crippen molar-refractivity contribution in [3.05, 3.63) is 29.8 Å². The van der Waals surface area contributed by atoms with Gasteiger partial charge in [-0.1, -0.05) is 12.1 Å². The maximum atomic E-state index is 12.6. The predicted octanol–water partition coefficient (Wildman–Crippen LogP) is 0.901. The number of methoxy groups -OCH3 is 1. The smallest absolute Gasteiger partial charge is 0.241 e. The minimum atomic E-state index is -0.133. The SMILES string of the molecule is COc1ccc(CCC(=O)N2CCCN(CC(=O)NCC(=O)N3CCCC3)CC2)cc1. The van der Waals surface area contributed by atoms with E-state index in [0.717, 1.165) is 50.2 Å². The van der Waals surface area contributed by atoms with E-state index in [1.165, 1.54) is 0 Å². The molecular formula is C23H34N4O4. The second-order valence-electron chi connectivity index (χ2n) is 8.22. The zero-order valence-electron chi connectivity index (χ0n) is 18.5. The Kier molecular flexibility index (Phi) is 8.70. The van der Waals surface area contributed by atoms with Gasteiger partial charge in [0.05, 0.1) is 20.2 Å². The number of hydrogen-bond donors (Lipinski definition) is 1. The maximum Gasteiger partial charge on any atom is 0.241 e. The van der Waals surface area contributed by atoms with Crippen molar-refractivity contribution < 1.29 is 19.1 Å². The molecule has 0 spiro atoms. The fourth-order valence-electron chi connectivity index (χ4n) is 4.09. The van der Waals surface area contributed by atoms with Crippen LogP contribution in [0.3, 0.4) is 0 Å². The van der Waals surface area contributed by atoms with Gasteiger partial charge in [-0.15, -0.1) is 0 Å². The second-order valence-corrected chi connectivity index (χ2v) is 8.22. The zero-order chi connectivity index (χ0) is 22.1. The van der Waals surface area contributed by atoms with Crippen LogP contribution in [-0.4, -0.2) is 91.9 Å². The van der Waals surface area contributed by atoms with E-state index in [1.54, 1.807) is 7.11 Å². The van der Waals surface area contributed by atoms with E-state index in [-0.39, 0.29) is 30.8 Å². The molecule has 8 nitrogen and oxygen atoms in total. The summed E-state index contributed by atoms with van der Waals surface area (Å²) < 4.78 is 5.16. The molecule has 0 bridgehead atoms.